The summed E-state index contributed by atoms with van der Waals surface area (Å²) in [6.45, 7) is 0.890. The maximum atomic E-state index is 13.3. The van der Waals surface area contributed by atoms with E-state index in [0.717, 1.165) is 23.8 Å². The summed E-state index contributed by atoms with van der Waals surface area (Å²) in [4.78, 5) is 26.1. The number of carbonyl (C=O) groups excluding carboxylic acids is 2. The highest BCUT2D eigenvalue weighted by molar-refractivity contribution is 5.94. The van der Waals surface area contributed by atoms with E-state index in [1.54, 1.807) is 4.90 Å². The van der Waals surface area contributed by atoms with Crippen molar-refractivity contribution in [2.45, 2.75) is 31.7 Å². The molecule has 1 aliphatic rings. The lowest BCUT2D eigenvalue weighted by molar-refractivity contribution is -0.122. The zero-order chi connectivity index (χ0) is 19.2. The number of likely N-dealkylation sites (tertiary alicyclic amines) is 1. The standard InChI is InChI=1S/C21H22F2N2O2/c22-17-12-16(13-18(23)14-17)21(27)25-10-8-19(9-11-25)24-20(26)7-6-15-4-2-1-3-5-15/h1-5,12-14,19H,6-11H2,(H,24,26). The van der Waals surface area contributed by atoms with Gasteiger partial charge in [0, 0.05) is 37.2 Å². The van der Waals surface area contributed by atoms with Crippen molar-refractivity contribution in [2.24, 2.45) is 0 Å². The molecule has 142 valence electrons. The molecule has 1 N–H and O–H groups in total. The molecule has 0 bridgehead atoms. The summed E-state index contributed by atoms with van der Waals surface area (Å²) < 4.78 is 26.6. The summed E-state index contributed by atoms with van der Waals surface area (Å²) in [5, 5.41) is 3.01. The molecule has 2 aromatic carbocycles. The zero-order valence-electron chi connectivity index (χ0n) is 15.0. The third-order valence-electron chi connectivity index (χ3n) is 4.74. The van der Waals surface area contributed by atoms with Gasteiger partial charge in [0.05, 0.1) is 0 Å². The van der Waals surface area contributed by atoms with Crippen LogP contribution in [-0.2, 0) is 11.2 Å². The molecule has 2 amide bonds. The van der Waals surface area contributed by atoms with Gasteiger partial charge in [-0.15, -0.1) is 0 Å². The van der Waals surface area contributed by atoms with Crippen molar-refractivity contribution in [3.8, 4) is 0 Å². The van der Waals surface area contributed by atoms with Crippen molar-refractivity contribution in [3.05, 3.63) is 71.3 Å². The predicted octanol–water partition coefficient (Wildman–Crippen LogP) is 3.32. The Kier molecular flexibility index (Phi) is 6.16. The minimum atomic E-state index is -0.765. The van der Waals surface area contributed by atoms with Crippen LogP contribution >= 0.6 is 0 Å². The molecule has 0 atom stereocenters. The van der Waals surface area contributed by atoms with Gasteiger partial charge in [-0.1, -0.05) is 30.3 Å². The number of benzene rings is 2. The summed E-state index contributed by atoms with van der Waals surface area (Å²) in [5.74, 6) is -1.92. The van der Waals surface area contributed by atoms with Gasteiger partial charge in [0.2, 0.25) is 5.91 Å². The fourth-order valence-corrected chi connectivity index (χ4v) is 3.29. The molecule has 1 heterocycles. The number of piperidine rings is 1. The first-order valence-electron chi connectivity index (χ1n) is 9.10. The third kappa shape index (κ3) is 5.36. The van der Waals surface area contributed by atoms with Crippen LogP contribution in [0.2, 0.25) is 0 Å². The molecule has 0 aromatic heterocycles. The van der Waals surface area contributed by atoms with E-state index in [0.29, 0.717) is 38.8 Å². The minimum absolute atomic E-state index is 0.00386. The molecular formula is C21H22F2N2O2. The number of hydrogen-bond acceptors (Lipinski definition) is 2. The molecule has 0 unspecified atom stereocenters. The van der Waals surface area contributed by atoms with Gasteiger partial charge in [0.15, 0.2) is 0 Å². The monoisotopic (exact) mass is 372 g/mol. The van der Waals surface area contributed by atoms with Crippen LogP contribution < -0.4 is 5.32 Å². The summed E-state index contributed by atoms with van der Waals surface area (Å²) in [5.41, 5.74) is 1.13. The van der Waals surface area contributed by atoms with Crippen molar-refractivity contribution in [2.75, 3.05) is 13.1 Å². The average Bonchev–Trinajstić information content (AvgIpc) is 2.66. The van der Waals surface area contributed by atoms with Crippen LogP contribution in [0, 0.1) is 11.6 Å². The van der Waals surface area contributed by atoms with Crippen molar-refractivity contribution in [3.63, 3.8) is 0 Å². The Morgan fingerprint density at radius 2 is 1.63 bits per heavy atom. The number of rotatable bonds is 5. The van der Waals surface area contributed by atoms with E-state index in [1.165, 1.54) is 0 Å². The summed E-state index contributed by atoms with van der Waals surface area (Å²) >= 11 is 0. The van der Waals surface area contributed by atoms with Crippen molar-refractivity contribution < 1.29 is 18.4 Å². The van der Waals surface area contributed by atoms with Crippen LogP contribution in [0.15, 0.2) is 48.5 Å². The van der Waals surface area contributed by atoms with Crippen LogP contribution in [-0.4, -0.2) is 35.8 Å². The van der Waals surface area contributed by atoms with Gasteiger partial charge in [0.1, 0.15) is 11.6 Å². The quantitative estimate of drug-likeness (QED) is 0.875. The van der Waals surface area contributed by atoms with Gasteiger partial charge in [-0.05, 0) is 37.0 Å². The molecule has 2 aromatic rings. The van der Waals surface area contributed by atoms with Crippen LogP contribution in [0.3, 0.4) is 0 Å². The Bertz CT molecular complexity index is 783. The molecule has 6 heteroatoms. The van der Waals surface area contributed by atoms with Crippen LogP contribution in [0.5, 0.6) is 0 Å². The van der Waals surface area contributed by atoms with E-state index >= 15 is 0 Å². The molecular weight excluding hydrogens is 350 g/mol. The van der Waals surface area contributed by atoms with E-state index in [1.807, 2.05) is 30.3 Å². The Labute approximate surface area is 157 Å². The van der Waals surface area contributed by atoms with Gasteiger partial charge in [-0.25, -0.2) is 8.78 Å². The molecule has 0 aliphatic carbocycles. The fourth-order valence-electron chi connectivity index (χ4n) is 3.29. The van der Waals surface area contributed by atoms with E-state index in [9.17, 15) is 18.4 Å². The zero-order valence-corrected chi connectivity index (χ0v) is 15.0. The van der Waals surface area contributed by atoms with Gasteiger partial charge in [-0.2, -0.15) is 0 Å². The van der Waals surface area contributed by atoms with Crippen molar-refractivity contribution in [1.29, 1.82) is 0 Å². The average molecular weight is 372 g/mol. The smallest absolute Gasteiger partial charge is 0.254 e. The maximum Gasteiger partial charge on any atom is 0.254 e. The molecule has 1 fully saturated rings. The Balaban J connectivity index is 1.45. The molecule has 1 aliphatic heterocycles. The normalized spacial score (nSPS) is 14.8. The molecule has 0 radical (unpaired) electrons. The highest BCUT2D eigenvalue weighted by atomic mass is 19.1. The minimum Gasteiger partial charge on any atom is -0.353 e. The molecule has 27 heavy (non-hydrogen) atoms. The van der Waals surface area contributed by atoms with Crippen LogP contribution in [0.25, 0.3) is 0 Å². The molecule has 0 spiro atoms. The second-order valence-corrected chi connectivity index (χ2v) is 6.78. The Morgan fingerprint density at radius 1 is 1.00 bits per heavy atom. The number of aryl methyl sites for hydroxylation is 1. The number of halogens is 2. The third-order valence-corrected chi connectivity index (χ3v) is 4.74. The highest BCUT2D eigenvalue weighted by Crippen LogP contribution is 2.16. The number of carbonyl (C=O) groups is 2. The van der Waals surface area contributed by atoms with Gasteiger partial charge in [0.25, 0.3) is 5.91 Å². The lowest BCUT2D eigenvalue weighted by Crippen LogP contribution is -2.46. The maximum absolute atomic E-state index is 13.3. The lowest BCUT2D eigenvalue weighted by atomic mass is 10.0. The van der Waals surface area contributed by atoms with Gasteiger partial charge < -0.3 is 10.2 Å². The largest absolute Gasteiger partial charge is 0.353 e. The van der Waals surface area contributed by atoms with E-state index < -0.39 is 11.6 Å². The summed E-state index contributed by atoms with van der Waals surface area (Å²) in [6.07, 6.45) is 2.36. The Morgan fingerprint density at radius 3 is 2.26 bits per heavy atom. The number of nitrogens with one attached hydrogen (secondary N) is 1. The fraction of sp³-hybridized carbons (Fsp3) is 0.333. The number of hydrogen-bond donors (Lipinski definition) is 1. The topological polar surface area (TPSA) is 49.4 Å². The molecule has 3 rings (SSSR count). The first-order valence-corrected chi connectivity index (χ1v) is 9.10. The van der Waals surface area contributed by atoms with Crippen LogP contribution in [0.1, 0.15) is 35.2 Å². The summed E-state index contributed by atoms with van der Waals surface area (Å²) in [6, 6.07) is 12.7. The number of amides is 2. The lowest BCUT2D eigenvalue weighted by Gasteiger charge is -2.32. The van der Waals surface area contributed by atoms with E-state index in [-0.39, 0.29) is 23.4 Å². The first-order chi connectivity index (χ1) is 13.0. The molecule has 0 saturated carbocycles. The SMILES string of the molecule is O=C(CCc1ccccc1)NC1CCN(C(=O)c2cc(F)cc(F)c2)CC1. The molecule has 4 nitrogen and oxygen atoms in total. The second-order valence-electron chi connectivity index (χ2n) is 6.78. The second kappa shape index (κ2) is 8.75. The van der Waals surface area contributed by atoms with Gasteiger partial charge in [-0.3, -0.25) is 9.59 Å². The first kappa shape index (κ1) is 19.0. The van der Waals surface area contributed by atoms with Crippen molar-refractivity contribution in [1.82, 2.24) is 10.2 Å². The van der Waals surface area contributed by atoms with Gasteiger partial charge >= 0.3 is 0 Å². The predicted molar refractivity (Wildman–Crippen MR) is 98.2 cm³/mol. The van der Waals surface area contributed by atoms with E-state index in [2.05, 4.69) is 5.32 Å². The van der Waals surface area contributed by atoms with E-state index in [4.69, 9.17) is 0 Å². The summed E-state index contributed by atoms with van der Waals surface area (Å²) in [7, 11) is 0. The highest BCUT2D eigenvalue weighted by Gasteiger charge is 2.25. The molecule has 1 saturated heterocycles. The van der Waals surface area contributed by atoms with Crippen molar-refractivity contribution >= 4 is 11.8 Å². The number of nitrogens with zero attached hydrogens (tertiary/aromatic N) is 1. The van der Waals surface area contributed by atoms with Crippen LogP contribution in [0.4, 0.5) is 8.78 Å². The Hall–Kier alpha value is -2.76.